The van der Waals surface area contributed by atoms with E-state index in [-0.39, 0.29) is 56.1 Å². The van der Waals surface area contributed by atoms with E-state index < -0.39 is 10.1 Å². The average Bonchev–Trinajstić information content (AvgIpc) is 2.02. The molecule has 1 aromatic rings. The Balaban J connectivity index is 0. The summed E-state index contributed by atoms with van der Waals surface area (Å²) in [6, 6.07) is 8.86. The first kappa shape index (κ1) is 17.2. The van der Waals surface area contributed by atoms with Crippen LogP contribution in [0.1, 0.15) is 5.56 Å². The van der Waals surface area contributed by atoms with E-state index in [0.29, 0.717) is 0 Å². The molecule has 0 aliphatic rings. The fourth-order valence-electron chi connectivity index (χ4n) is 0.729. The van der Waals surface area contributed by atoms with E-state index in [2.05, 4.69) is 0 Å². The number of hydrogen-bond donors (Lipinski definition) is 1. The summed E-state index contributed by atoms with van der Waals surface area (Å²) in [6.07, 6.45) is 1.33. The topological polar surface area (TPSA) is 54.4 Å². The molecular weight excluding hydrogens is 408 g/mol. The monoisotopic (exact) mass is 419 g/mol. The van der Waals surface area contributed by atoms with Gasteiger partial charge in [0, 0.05) is 0 Å². The SMILES string of the molecule is O=S(=O)(O)C=Cc1ccccc1.[NaH].[PoH2]. The quantitative estimate of drug-likeness (QED) is 0.542. The third kappa shape index (κ3) is 8.11. The van der Waals surface area contributed by atoms with Crippen molar-refractivity contribution in [1.29, 1.82) is 0 Å². The van der Waals surface area contributed by atoms with Crippen LogP contribution in [0.2, 0.25) is 0 Å². The first-order valence-corrected chi connectivity index (χ1v) is 4.79. The summed E-state index contributed by atoms with van der Waals surface area (Å²) >= 11 is 0. The predicted molar refractivity (Wildman–Crippen MR) is 62.7 cm³/mol. The summed E-state index contributed by atoms with van der Waals surface area (Å²) in [6.45, 7) is 0. The molecule has 0 aliphatic heterocycles. The summed E-state index contributed by atoms with van der Waals surface area (Å²) in [7, 11) is -4.00. The minimum absolute atomic E-state index is 0. The molecule has 3 nitrogen and oxygen atoms in total. The summed E-state index contributed by atoms with van der Waals surface area (Å²) in [5.41, 5.74) is 0.732. The molecule has 0 aromatic heterocycles. The van der Waals surface area contributed by atoms with Crippen LogP contribution in [0.15, 0.2) is 35.7 Å². The molecule has 0 fully saturated rings. The molecule has 1 rings (SSSR count). The molecule has 6 heteroatoms. The van der Waals surface area contributed by atoms with Gasteiger partial charge in [0.15, 0.2) is 0 Å². The molecule has 0 atom stereocenters. The van der Waals surface area contributed by atoms with E-state index in [0.717, 1.165) is 11.0 Å². The van der Waals surface area contributed by atoms with Crippen LogP contribution < -0.4 is 0 Å². The maximum atomic E-state index is 10.3. The Morgan fingerprint density at radius 2 is 1.64 bits per heavy atom. The molecule has 74 valence electrons. The molecule has 1 N–H and O–H groups in total. The molecule has 0 unspecified atom stereocenters. The van der Waals surface area contributed by atoms with Crippen LogP contribution >= 0.6 is 0 Å². The Hall–Kier alpha value is 0.766. The van der Waals surface area contributed by atoms with Gasteiger partial charge in [-0.3, -0.25) is 4.55 Å². The van der Waals surface area contributed by atoms with Gasteiger partial charge in [-0.1, -0.05) is 30.3 Å². The molecule has 0 radical (unpaired) electrons. The summed E-state index contributed by atoms with van der Waals surface area (Å²) in [4.78, 5) is 0. The van der Waals surface area contributed by atoms with Crippen LogP contribution in [0.3, 0.4) is 0 Å². The zero-order valence-corrected chi connectivity index (χ0v) is 11.4. The van der Waals surface area contributed by atoms with Crippen LogP contribution in [0.4, 0.5) is 0 Å². The Morgan fingerprint density at radius 3 is 2.07 bits per heavy atom. The van der Waals surface area contributed by atoms with Crippen LogP contribution in [0.5, 0.6) is 0 Å². The summed E-state index contributed by atoms with van der Waals surface area (Å²) in [5.74, 6) is 0. The second kappa shape index (κ2) is 7.98. The van der Waals surface area contributed by atoms with Crippen molar-refractivity contribution in [3.05, 3.63) is 41.3 Å². The van der Waals surface area contributed by atoms with Gasteiger partial charge in [-0.05, 0) is 11.6 Å². The average molecular weight is 419 g/mol. The van der Waals surface area contributed by atoms with Crippen molar-refractivity contribution in [2.75, 3.05) is 0 Å². The Labute approximate surface area is 125 Å². The van der Waals surface area contributed by atoms with Crippen molar-refractivity contribution >= 4 is 72.3 Å². The molecular formula is C8H11NaO3PoS. The van der Waals surface area contributed by atoms with Gasteiger partial charge in [0.25, 0.3) is 10.1 Å². The molecule has 0 saturated carbocycles. The van der Waals surface area contributed by atoms with E-state index in [4.69, 9.17) is 4.55 Å². The minimum atomic E-state index is -4.00. The second-order valence-corrected chi connectivity index (χ2v) is 3.53. The third-order valence-electron chi connectivity index (χ3n) is 1.23. The fraction of sp³-hybridized carbons (Fsp3) is 0. The first-order chi connectivity index (χ1) is 5.58. The zero-order chi connectivity index (χ0) is 9.03. The van der Waals surface area contributed by atoms with Gasteiger partial charge >= 0.3 is 56.1 Å². The van der Waals surface area contributed by atoms with Crippen LogP contribution in [-0.4, -0.2) is 69.1 Å². The van der Waals surface area contributed by atoms with E-state index in [1.54, 1.807) is 24.3 Å². The van der Waals surface area contributed by atoms with Gasteiger partial charge in [0.1, 0.15) is 0 Å². The van der Waals surface area contributed by atoms with E-state index >= 15 is 0 Å². The number of benzene rings is 1. The van der Waals surface area contributed by atoms with Gasteiger partial charge < -0.3 is 0 Å². The fourth-order valence-corrected chi connectivity index (χ4v) is 1.06. The molecule has 0 spiro atoms. The summed E-state index contributed by atoms with van der Waals surface area (Å²) < 4.78 is 28.9. The number of hydrogen-bond acceptors (Lipinski definition) is 2. The molecule has 0 saturated heterocycles. The van der Waals surface area contributed by atoms with Crippen molar-refractivity contribution in [3.8, 4) is 0 Å². The van der Waals surface area contributed by atoms with Gasteiger partial charge in [-0.2, -0.15) is 8.42 Å². The van der Waals surface area contributed by atoms with Gasteiger partial charge in [-0.15, -0.1) is 0 Å². The van der Waals surface area contributed by atoms with Gasteiger partial charge in [0.2, 0.25) is 0 Å². The Morgan fingerprint density at radius 1 is 1.14 bits per heavy atom. The maximum absolute atomic E-state index is 10.3. The van der Waals surface area contributed by atoms with Crippen molar-refractivity contribution < 1.29 is 13.0 Å². The Bertz CT molecular complexity index is 375. The van der Waals surface area contributed by atoms with E-state index in [1.807, 2.05) is 6.07 Å². The van der Waals surface area contributed by atoms with Gasteiger partial charge in [-0.25, -0.2) is 0 Å². The molecule has 0 amide bonds. The molecule has 0 heterocycles. The predicted octanol–water partition coefficient (Wildman–Crippen LogP) is -0.0196. The van der Waals surface area contributed by atoms with Crippen molar-refractivity contribution in [1.82, 2.24) is 0 Å². The van der Waals surface area contributed by atoms with E-state index in [1.165, 1.54) is 6.08 Å². The van der Waals surface area contributed by atoms with Crippen molar-refractivity contribution in [2.45, 2.75) is 0 Å². The zero-order valence-electron chi connectivity index (χ0n) is 6.71. The summed E-state index contributed by atoms with van der Waals surface area (Å²) in [5, 5.41) is 0.752. The third-order valence-corrected chi connectivity index (χ3v) is 1.71. The first-order valence-electron chi connectivity index (χ1n) is 3.28. The molecule has 14 heavy (non-hydrogen) atoms. The van der Waals surface area contributed by atoms with Crippen molar-refractivity contribution in [2.24, 2.45) is 0 Å². The molecule has 0 aliphatic carbocycles. The molecule has 0 bridgehead atoms. The molecule has 1 aromatic carbocycles. The van der Waals surface area contributed by atoms with E-state index in [9.17, 15) is 8.42 Å². The number of rotatable bonds is 2. The van der Waals surface area contributed by atoms with Crippen LogP contribution in [-0.2, 0) is 10.1 Å². The van der Waals surface area contributed by atoms with Crippen LogP contribution in [0, 0.1) is 0 Å². The van der Waals surface area contributed by atoms with Gasteiger partial charge in [0.05, 0.1) is 5.41 Å². The van der Waals surface area contributed by atoms with Crippen molar-refractivity contribution in [3.63, 3.8) is 0 Å². The Kier molecular flexibility index (Phi) is 9.79. The second-order valence-electron chi connectivity index (χ2n) is 2.23. The van der Waals surface area contributed by atoms with Crippen LogP contribution in [0.25, 0.3) is 6.08 Å². The standard InChI is InChI=1S/C8H8O3S.Na.Po.3H/c9-12(10,11)7-6-8-4-2-1-3-5-8;;;;;/h1-7H,(H,9,10,11);;;;;. The normalized spacial score (nSPS) is 10.4.